The second kappa shape index (κ2) is 7.23. The molecule has 0 bridgehead atoms. The fraction of sp³-hybridized carbons (Fsp3) is 1.00. The first-order chi connectivity index (χ1) is 6.48. The fourth-order valence-electron chi connectivity index (χ4n) is 1.08. The van der Waals surface area contributed by atoms with Crippen molar-refractivity contribution in [2.45, 2.75) is 33.6 Å². The van der Waals surface area contributed by atoms with E-state index in [4.69, 9.17) is 0 Å². The third-order valence-corrected chi connectivity index (χ3v) is 3.94. The second-order valence-electron chi connectivity index (χ2n) is 4.02. The SMILES string of the molecule is CCS(=O)(=O)CCCNCCC(C)C. The van der Waals surface area contributed by atoms with Crippen molar-refractivity contribution in [3.63, 3.8) is 0 Å². The van der Waals surface area contributed by atoms with E-state index >= 15 is 0 Å². The molecule has 14 heavy (non-hydrogen) atoms. The molecule has 3 nitrogen and oxygen atoms in total. The summed E-state index contributed by atoms with van der Waals surface area (Å²) in [5.41, 5.74) is 0. The molecule has 0 aliphatic heterocycles. The largest absolute Gasteiger partial charge is 0.317 e. The molecule has 0 unspecified atom stereocenters. The molecule has 0 spiro atoms. The summed E-state index contributed by atoms with van der Waals surface area (Å²) in [6, 6.07) is 0. The first kappa shape index (κ1) is 13.9. The van der Waals surface area contributed by atoms with Gasteiger partial charge in [0, 0.05) is 5.75 Å². The quantitative estimate of drug-likeness (QED) is 0.631. The Kier molecular flexibility index (Phi) is 7.19. The summed E-state index contributed by atoms with van der Waals surface area (Å²) in [6.07, 6.45) is 1.88. The van der Waals surface area contributed by atoms with Gasteiger partial charge in [0.2, 0.25) is 0 Å². The lowest BCUT2D eigenvalue weighted by molar-refractivity contribution is 0.535. The van der Waals surface area contributed by atoms with Gasteiger partial charge in [0.1, 0.15) is 9.84 Å². The van der Waals surface area contributed by atoms with Crippen molar-refractivity contribution >= 4 is 9.84 Å². The molecule has 4 heteroatoms. The van der Waals surface area contributed by atoms with Crippen LogP contribution in [0.4, 0.5) is 0 Å². The van der Waals surface area contributed by atoms with Gasteiger partial charge in [-0.05, 0) is 31.8 Å². The van der Waals surface area contributed by atoms with Crippen LogP contribution in [0.3, 0.4) is 0 Å². The minimum Gasteiger partial charge on any atom is -0.317 e. The lowest BCUT2D eigenvalue weighted by atomic mass is 10.1. The van der Waals surface area contributed by atoms with Crippen molar-refractivity contribution in [1.82, 2.24) is 5.32 Å². The zero-order chi connectivity index (χ0) is 11.0. The van der Waals surface area contributed by atoms with Crippen LogP contribution in [0.1, 0.15) is 33.6 Å². The van der Waals surface area contributed by atoms with Crippen molar-refractivity contribution in [2.24, 2.45) is 5.92 Å². The number of hydrogen-bond donors (Lipinski definition) is 1. The summed E-state index contributed by atoms with van der Waals surface area (Å²) >= 11 is 0. The van der Waals surface area contributed by atoms with Crippen LogP contribution in [0.5, 0.6) is 0 Å². The average Bonchev–Trinajstić information content (AvgIpc) is 2.10. The van der Waals surface area contributed by atoms with Crippen LogP contribution in [0.25, 0.3) is 0 Å². The van der Waals surface area contributed by atoms with Gasteiger partial charge in [0.05, 0.1) is 5.75 Å². The van der Waals surface area contributed by atoms with Crippen molar-refractivity contribution in [1.29, 1.82) is 0 Å². The number of nitrogens with one attached hydrogen (secondary N) is 1. The average molecular weight is 221 g/mol. The summed E-state index contributed by atoms with van der Waals surface area (Å²) < 4.78 is 22.2. The highest BCUT2D eigenvalue weighted by Gasteiger charge is 2.05. The Balaban J connectivity index is 3.31. The first-order valence-corrected chi connectivity index (χ1v) is 7.21. The lowest BCUT2D eigenvalue weighted by Crippen LogP contribution is -2.21. The Hall–Kier alpha value is -0.0900. The van der Waals surface area contributed by atoms with Gasteiger partial charge in [-0.1, -0.05) is 20.8 Å². The zero-order valence-electron chi connectivity index (χ0n) is 9.54. The normalized spacial score (nSPS) is 12.3. The molecule has 0 saturated carbocycles. The fourth-order valence-corrected chi connectivity index (χ4v) is 1.95. The van der Waals surface area contributed by atoms with E-state index < -0.39 is 9.84 Å². The summed E-state index contributed by atoms with van der Waals surface area (Å²) in [6.45, 7) is 7.86. The van der Waals surface area contributed by atoms with Gasteiger partial charge in [-0.2, -0.15) is 0 Å². The maximum atomic E-state index is 11.1. The second-order valence-corrected chi connectivity index (χ2v) is 6.50. The summed E-state index contributed by atoms with van der Waals surface area (Å²) in [4.78, 5) is 0. The number of hydrogen-bond acceptors (Lipinski definition) is 3. The molecule has 0 atom stereocenters. The molecule has 0 aromatic rings. The Morgan fingerprint density at radius 2 is 1.86 bits per heavy atom. The van der Waals surface area contributed by atoms with Gasteiger partial charge >= 0.3 is 0 Å². The Labute approximate surface area is 88.2 Å². The van der Waals surface area contributed by atoms with E-state index in [1.165, 1.54) is 0 Å². The van der Waals surface area contributed by atoms with Gasteiger partial charge < -0.3 is 5.32 Å². The standard InChI is InChI=1S/C10H23NO2S/c1-4-14(12,13)9-5-7-11-8-6-10(2)3/h10-11H,4-9H2,1-3H3. The highest BCUT2D eigenvalue weighted by molar-refractivity contribution is 7.91. The first-order valence-electron chi connectivity index (χ1n) is 5.39. The predicted molar refractivity (Wildman–Crippen MR) is 61.3 cm³/mol. The molecule has 0 heterocycles. The van der Waals surface area contributed by atoms with E-state index in [1.807, 2.05) is 0 Å². The Morgan fingerprint density at radius 3 is 2.36 bits per heavy atom. The van der Waals surface area contributed by atoms with E-state index in [0.29, 0.717) is 11.7 Å². The Bertz CT molecular complexity index is 222. The Morgan fingerprint density at radius 1 is 1.21 bits per heavy atom. The molecule has 0 fully saturated rings. The van der Waals surface area contributed by atoms with Gasteiger partial charge in [0.25, 0.3) is 0 Å². The molecule has 0 aromatic carbocycles. The number of sulfone groups is 1. The van der Waals surface area contributed by atoms with E-state index in [0.717, 1.165) is 25.9 Å². The molecular weight excluding hydrogens is 198 g/mol. The smallest absolute Gasteiger partial charge is 0.150 e. The van der Waals surface area contributed by atoms with Crippen LogP contribution in [0.2, 0.25) is 0 Å². The van der Waals surface area contributed by atoms with Crippen molar-refractivity contribution in [3.8, 4) is 0 Å². The van der Waals surface area contributed by atoms with Crippen LogP contribution in [0.15, 0.2) is 0 Å². The van der Waals surface area contributed by atoms with Gasteiger partial charge in [0.15, 0.2) is 0 Å². The maximum absolute atomic E-state index is 11.1. The monoisotopic (exact) mass is 221 g/mol. The van der Waals surface area contributed by atoms with Crippen molar-refractivity contribution in [2.75, 3.05) is 24.6 Å². The molecule has 0 rings (SSSR count). The van der Waals surface area contributed by atoms with Gasteiger partial charge in [-0.25, -0.2) is 8.42 Å². The zero-order valence-corrected chi connectivity index (χ0v) is 10.4. The molecule has 0 aliphatic carbocycles. The topological polar surface area (TPSA) is 46.2 Å². The van der Waals surface area contributed by atoms with E-state index in [9.17, 15) is 8.42 Å². The molecule has 0 aromatic heterocycles. The maximum Gasteiger partial charge on any atom is 0.150 e. The molecule has 0 amide bonds. The van der Waals surface area contributed by atoms with Crippen molar-refractivity contribution < 1.29 is 8.42 Å². The molecule has 0 saturated heterocycles. The van der Waals surface area contributed by atoms with Crippen LogP contribution < -0.4 is 5.32 Å². The van der Waals surface area contributed by atoms with Crippen LogP contribution in [-0.2, 0) is 9.84 Å². The molecule has 86 valence electrons. The van der Waals surface area contributed by atoms with E-state index in [-0.39, 0.29) is 5.75 Å². The van der Waals surface area contributed by atoms with E-state index in [1.54, 1.807) is 6.92 Å². The summed E-state index contributed by atoms with van der Waals surface area (Å²) in [7, 11) is -2.76. The molecule has 0 aliphatic rings. The third kappa shape index (κ3) is 8.51. The summed E-state index contributed by atoms with van der Waals surface area (Å²) in [5.74, 6) is 1.29. The van der Waals surface area contributed by atoms with Gasteiger partial charge in [-0.15, -0.1) is 0 Å². The highest BCUT2D eigenvalue weighted by Crippen LogP contribution is 1.96. The van der Waals surface area contributed by atoms with Crippen LogP contribution in [-0.4, -0.2) is 33.0 Å². The number of rotatable bonds is 8. The van der Waals surface area contributed by atoms with Crippen molar-refractivity contribution in [3.05, 3.63) is 0 Å². The molecule has 1 N–H and O–H groups in total. The minimum atomic E-state index is -2.76. The van der Waals surface area contributed by atoms with Crippen LogP contribution in [0, 0.1) is 5.92 Å². The highest BCUT2D eigenvalue weighted by atomic mass is 32.2. The van der Waals surface area contributed by atoms with Gasteiger partial charge in [-0.3, -0.25) is 0 Å². The third-order valence-electron chi connectivity index (χ3n) is 2.15. The lowest BCUT2D eigenvalue weighted by Gasteiger charge is -2.06. The van der Waals surface area contributed by atoms with Crippen LogP contribution >= 0.6 is 0 Å². The van der Waals surface area contributed by atoms with E-state index in [2.05, 4.69) is 19.2 Å². The minimum absolute atomic E-state index is 0.263. The predicted octanol–water partition coefficient (Wildman–Crippen LogP) is 1.45. The molecule has 0 radical (unpaired) electrons. The summed E-state index contributed by atoms with van der Waals surface area (Å²) in [5, 5.41) is 3.25. The molecular formula is C10H23NO2S.